The molecule has 0 saturated heterocycles. The number of rotatable bonds is 4. The van der Waals surface area contributed by atoms with Gasteiger partial charge in [0.15, 0.2) is 0 Å². The fourth-order valence-electron chi connectivity index (χ4n) is 2.62. The third kappa shape index (κ3) is 3.84. The van der Waals surface area contributed by atoms with Crippen molar-refractivity contribution in [1.29, 1.82) is 0 Å². The highest BCUT2D eigenvalue weighted by molar-refractivity contribution is 6.00. The number of nitrogens with zero attached hydrogens (tertiary/aromatic N) is 4. The Kier molecular flexibility index (Phi) is 4.36. The van der Waals surface area contributed by atoms with Crippen molar-refractivity contribution in [2.45, 2.75) is 0 Å². The minimum atomic E-state index is -0.333. The molecular weight excluding hydrogens is 344 g/mol. The smallest absolute Gasteiger partial charge is 0.323 e. The van der Waals surface area contributed by atoms with Crippen LogP contribution in [0.3, 0.4) is 0 Å². The maximum Gasteiger partial charge on any atom is 0.323 e. The highest BCUT2D eigenvalue weighted by Gasteiger charge is 2.07. The molecule has 0 atom stereocenters. The van der Waals surface area contributed by atoms with Crippen molar-refractivity contribution >= 4 is 17.4 Å². The summed E-state index contributed by atoms with van der Waals surface area (Å²) in [6.45, 7) is 0. The average molecular weight is 360 g/mol. The van der Waals surface area contributed by atoms with Gasteiger partial charge in [-0.15, -0.1) is 5.10 Å². The zero-order valence-electron chi connectivity index (χ0n) is 14.5. The third-order valence-corrected chi connectivity index (χ3v) is 3.90. The summed E-state index contributed by atoms with van der Waals surface area (Å²) in [6, 6.07) is 16.2. The molecule has 8 nitrogen and oxygen atoms in total. The summed E-state index contributed by atoms with van der Waals surface area (Å²) < 4.78 is 6.46. The van der Waals surface area contributed by atoms with Gasteiger partial charge in [0.25, 0.3) is 0 Å². The number of anilines is 2. The number of amides is 2. The van der Waals surface area contributed by atoms with Crippen LogP contribution in [-0.4, -0.2) is 26.2 Å². The maximum atomic E-state index is 12.3. The molecule has 0 aliphatic carbocycles. The van der Waals surface area contributed by atoms with Gasteiger partial charge < -0.3 is 15.2 Å². The van der Waals surface area contributed by atoms with Crippen molar-refractivity contribution in [2.24, 2.45) is 7.05 Å². The highest BCUT2D eigenvalue weighted by Crippen LogP contribution is 2.21. The van der Waals surface area contributed by atoms with E-state index in [0.717, 1.165) is 22.5 Å². The normalized spacial score (nSPS) is 10.6. The molecule has 0 spiro atoms. The fraction of sp³-hybridized carbons (Fsp3) is 0.0526. The van der Waals surface area contributed by atoms with E-state index >= 15 is 0 Å². The summed E-state index contributed by atoms with van der Waals surface area (Å²) in [5.41, 5.74) is 4.60. The van der Waals surface area contributed by atoms with Crippen LogP contribution in [0, 0.1) is 0 Å². The predicted octanol–water partition coefficient (Wildman–Crippen LogP) is 3.78. The van der Waals surface area contributed by atoms with Crippen LogP contribution in [0.2, 0.25) is 0 Å². The van der Waals surface area contributed by atoms with E-state index in [4.69, 9.17) is 4.52 Å². The second kappa shape index (κ2) is 7.12. The molecule has 2 amide bonds. The number of urea groups is 1. The zero-order valence-corrected chi connectivity index (χ0v) is 14.5. The van der Waals surface area contributed by atoms with Crippen LogP contribution in [-0.2, 0) is 7.05 Å². The number of aryl methyl sites for hydroxylation is 1. The molecule has 0 radical (unpaired) electrons. The van der Waals surface area contributed by atoms with Crippen LogP contribution in [0.5, 0.6) is 0 Å². The third-order valence-electron chi connectivity index (χ3n) is 3.90. The zero-order chi connectivity index (χ0) is 18.6. The number of nitrogens with one attached hydrogen (secondary N) is 2. The van der Waals surface area contributed by atoms with E-state index in [1.165, 1.54) is 6.26 Å². The number of aromatic nitrogens is 4. The first-order chi connectivity index (χ1) is 13.2. The summed E-state index contributed by atoms with van der Waals surface area (Å²) in [5, 5.41) is 17.5. The van der Waals surface area contributed by atoms with Crippen molar-refractivity contribution in [3.8, 4) is 22.5 Å². The predicted molar refractivity (Wildman–Crippen MR) is 101 cm³/mol. The summed E-state index contributed by atoms with van der Waals surface area (Å²) in [5.74, 6) is 0. The monoisotopic (exact) mass is 360 g/mol. The Morgan fingerprint density at radius 3 is 2.48 bits per heavy atom. The van der Waals surface area contributed by atoms with Gasteiger partial charge in [0.05, 0.1) is 6.20 Å². The molecule has 0 fully saturated rings. The molecule has 27 heavy (non-hydrogen) atoms. The van der Waals surface area contributed by atoms with E-state index in [9.17, 15) is 4.79 Å². The molecular formula is C19H16N6O2. The van der Waals surface area contributed by atoms with Gasteiger partial charge in [-0.1, -0.05) is 34.6 Å². The molecule has 0 aliphatic rings. The standard InChI is InChI=1S/C19H16N6O2/c1-25-12-18(22-24-25)14-3-2-4-16(11-14)21-19(26)20-15-7-5-13(6-8-15)17-9-10-27-23-17/h2-12H,1H3,(H2,20,21,26). The topological polar surface area (TPSA) is 97.9 Å². The lowest BCUT2D eigenvalue weighted by Gasteiger charge is -2.09. The molecule has 2 aromatic carbocycles. The lowest BCUT2D eigenvalue weighted by Crippen LogP contribution is -2.19. The van der Waals surface area contributed by atoms with E-state index < -0.39 is 0 Å². The first kappa shape index (κ1) is 16.5. The molecule has 134 valence electrons. The summed E-state index contributed by atoms with van der Waals surface area (Å²) in [6.07, 6.45) is 3.33. The first-order valence-corrected chi connectivity index (χ1v) is 8.23. The van der Waals surface area contributed by atoms with Crippen molar-refractivity contribution in [1.82, 2.24) is 20.2 Å². The number of hydrogen-bond acceptors (Lipinski definition) is 5. The molecule has 2 heterocycles. The molecule has 4 aromatic rings. The van der Waals surface area contributed by atoms with Gasteiger partial charge >= 0.3 is 6.03 Å². The summed E-state index contributed by atoms with van der Waals surface area (Å²) in [7, 11) is 1.81. The van der Waals surface area contributed by atoms with Crippen molar-refractivity contribution < 1.29 is 9.32 Å². The molecule has 8 heteroatoms. The Morgan fingerprint density at radius 1 is 0.963 bits per heavy atom. The average Bonchev–Trinajstić information content (AvgIpc) is 3.34. The van der Waals surface area contributed by atoms with Crippen LogP contribution in [0.25, 0.3) is 22.5 Å². The van der Waals surface area contributed by atoms with Crippen LogP contribution in [0.15, 0.2) is 71.6 Å². The van der Waals surface area contributed by atoms with Gasteiger partial charge in [0, 0.05) is 35.6 Å². The maximum absolute atomic E-state index is 12.3. The largest absolute Gasteiger partial charge is 0.364 e. The second-order valence-corrected chi connectivity index (χ2v) is 5.90. The van der Waals surface area contributed by atoms with E-state index in [2.05, 4.69) is 26.1 Å². The van der Waals surface area contributed by atoms with Gasteiger partial charge in [-0.05, 0) is 24.3 Å². The minimum Gasteiger partial charge on any atom is -0.364 e. The van der Waals surface area contributed by atoms with E-state index in [-0.39, 0.29) is 6.03 Å². The molecule has 0 aliphatic heterocycles. The van der Waals surface area contributed by atoms with Crippen LogP contribution >= 0.6 is 0 Å². The van der Waals surface area contributed by atoms with E-state index in [1.54, 1.807) is 29.9 Å². The molecule has 4 rings (SSSR count). The van der Waals surface area contributed by atoms with Gasteiger partial charge in [-0.3, -0.25) is 4.68 Å². The number of benzene rings is 2. The molecule has 0 bridgehead atoms. The van der Waals surface area contributed by atoms with Crippen LogP contribution < -0.4 is 10.6 Å². The Hall–Kier alpha value is -3.94. The second-order valence-electron chi connectivity index (χ2n) is 5.90. The molecule has 2 aromatic heterocycles. The number of carbonyl (C=O) groups excluding carboxylic acids is 1. The lowest BCUT2D eigenvalue weighted by atomic mass is 10.1. The molecule has 0 unspecified atom stereocenters. The summed E-state index contributed by atoms with van der Waals surface area (Å²) >= 11 is 0. The Balaban J connectivity index is 1.42. The van der Waals surface area contributed by atoms with Crippen molar-refractivity contribution in [2.75, 3.05) is 10.6 Å². The fourth-order valence-corrected chi connectivity index (χ4v) is 2.62. The first-order valence-electron chi connectivity index (χ1n) is 8.23. The van der Waals surface area contributed by atoms with Crippen LogP contribution in [0.1, 0.15) is 0 Å². The lowest BCUT2D eigenvalue weighted by molar-refractivity contribution is 0.262. The van der Waals surface area contributed by atoms with Crippen molar-refractivity contribution in [3.05, 3.63) is 67.1 Å². The SMILES string of the molecule is Cn1cc(-c2cccc(NC(=O)Nc3ccc(-c4ccon4)cc3)c2)nn1. The van der Waals surface area contributed by atoms with Gasteiger partial charge in [0.1, 0.15) is 17.7 Å². The molecule has 0 saturated carbocycles. The number of carbonyl (C=O) groups is 1. The van der Waals surface area contributed by atoms with Crippen LogP contribution in [0.4, 0.5) is 16.2 Å². The Bertz CT molecular complexity index is 1050. The number of hydrogen-bond donors (Lipinski definition) is 2. The Morgan fingerprint density at radius 2 is 1.78 bits per heavy atom. The molecule has 2 N–H and O–H groups in total. The van der Waals surface area contributed by atoms with E-state index in [0.29, 0.717) is 11.4 Å². The van der Waals surface area contributed by atoms with Gasteiger partial charge in [-0.25, -0.2) is 4.79 Å². The Labute approximate surface area is 154 Å². The van der Waals surface area contributed by atoms with Crippen molar-refractivity contribution in [3.63, 3.8) is 0 Å². The van der Waals surface area contributed by atoms with Gasteiger partial charge in [0.2, 0.25) is 0 Å². The highest BCUT2D eigenvalue weighted by atomic mass is 16.5. The quantitative estimate of drug-likeness (QED) is 0.577. The van der Waals surface area contributed by atoms with Gasteiger partial charge in [-0.2, -0.15) is 0 Å². The summed E-state index contributed by atoms with van der Waals surface area (Å²) in [4.78, 5) is 12.3. The minimum absolute atomic E-state index is 0.333. The van der Waals surface area contributed by atoms with E-state index in [1.807, 2.05) is 42.6 Å².